The normalized spacial score (nSPS) is 11.8. The maximum Gasteiger partial charge on any atom is 0.244 e. The molecule has 3 N–H and O–H groups in total. The van der Waals surface area contributed by atoms with Crippen LogP contribution < -0.4 is 10.5 Å². The molecule has 0 spiro atoms. The van der Waals surface area contributed by atoms with Crippen molar-refractivity contribution in [2.75, 3.05) is 5.73 Å². The van der Waals surface area contributed by atoms with Gasteiger partial charge in [0.05, 0.1) is 22.9 Å². The van der Waals surface area contributed by atoms with E-state index >= 15 is 0 Å². The molecular formula is C11H11Br2N3O2S2. The fourth-order valence-corrected chi connectivity index (χ4v) is 5.27. The number of halogens is 2. The summed E-state index contributed by atoms with van der Waals surface area (Å²) in [5.74, 6) is 0. The maximum absolute atomic E-state index is 12.3. The zero-order valence-electron chi connectivity index (χ0n) is 10.4. The molecule has 0 bridgehead atoms. The van der Waals surface area contributed by atoms with Crippen molar-refractivity contribution < 1.29 is 8.42 Å². The van der Waals surface area contributed by atoms with Crippen molar-refractivity contribution >= 4 is 58.9 Å². The van der Waals surface area contributed by atoms with Crippen molar-refractivity contribution in [2.45, 2.75) is 18.4 Å². The van der Waals surface area contributed by atoms with Crippen LogP contribution in [0.3, 0.4) is 0 Å². The number of benzene rings is 1. The highest BCUT2D eigenvalue weighted by atomic mass is 79.9. The molecule has 0 aliphatic rings. The van der Waals surface area contributed by atoms with Crippen LogP contribution in [0, 0.1) is 6.92 Å². The number of thiazole rings is 1. The van der Waals surface area contributed by atoms with Crippen LogP contribution in [0.5, 0.6) is 0 Å². The van der Waals surface area contributed by atoms with Crippen LogP contribution in [-0.4, -0.2) is 13.4 Å². The standard InChI is InChI=1S/C11H11Br2N3O2S2/c1-6-16-8(5-19-6)4-15-20(17,18)11-9(13)2-7(12)3-10(11)14/h2-3,5,15H,4,14H2,1H3. The Kier molecular flexibility index (Phi) is 4.85. The first-order valence-electron chi connectivity index (χ1n) is 5.45. The summed E-state index contributed by atoms with van der Waals surface area (Å²) in [6.45, 7) is 2.00. The maximum atomic E-state index is 12.3. The third-order valence-electron chi connectivity index (χ3n) is 2.42. The summed E-state index contributed by atoms with van der Waals surface area (Å²) in [5, 5.41) is 2.71. The van der Waals surface area contributed by atoms with E-state index in [-0.39, 0.29) is 17.1 Å². The molecule has 20 heavy (non-hydrogen) atoms. The highest BCUT2D eigenvalue weighted by Gasteiger charge is 2.21. The van der Waals surface area contributed by atoms with E-state index in [9.17, 15) is 8.42 Å². The molecule has 0 fully saturated rings. The molecule has 0 unspecified atom stereocenters. The Morgan fingerprint density at radius 1 is 1.40 bits per heavy atom. The number of hydrogen-bond acceptors (Lipinski definition) is 5. The number of nitrogens with one attached hydrogen (secondary N) is 1. The number of anilines is 1. The van der Waals surface area contributed by atoms with Crippen LogP contribution in [-0.2, 0) is 16.6 Å². The van der Waals surface area contributed by atoms with Gasteiger partial charge in [-0.25, -0.2) is 18.1 Å². The third kappa shape index (κ3) is 3.59. The van der Waals surface area contributed by atoms with Gasteiger partial charge in [-0.2, -0.15) is 0 Å². The number of nitrogens with zero attached hydrogens (tertiary/aromatic N) is 1. The molecule has 0 aliphatic heterocycles. The molecule has 5 nitrogen and oxygen atoms in total. The zero-order chi connectivity index (χ0) is 14.9. The van der Waals surface area contributed by atoms with Gasteiger partial charge in [0, 0.05) is 14.3 Å². The number of aryl methyl sites for hydroxylation is 1. The Morgan fingerprint density at radius 2 is 2.10 bits per heavy atom. The molecule has 1 aromatic heterocycles. The lowest BCUT2D eigenvalue weighted by atomic mass is 10.3. The second-order valence-corrected chi connectivity index (χ2v) is 8.52. The van der Waals surface area contributed by atoms with Crippen LogP contribution in [0.2, 0.25) is 0 Å². The Balaban J connectivity index is 2.27. The first kappa shape index (κ1) is 15.9. The van der Waals surface area contributed by atoms with Crippen LogP contribution in [0.1, 0.15) is 10.7 Å². The zero-order valence-corrected chi connectivity index (χ0v) is 15.2. The molecule has 2 aromatic rings. The number of hydrogen-bond donors (Lipinski definition) is 2. The van der Waals surface area contributed by atoms with E-state index in [0.29, 0.717) is 14.6 Å². The Hall–Kier alpha value is -0.480. The first-order chi connectivity index (χ1) is 9.29. The summed E-state index contributed by atoms with van der Waals surface area (Å²) in [7, 11) is -3.71. The van der Waals surface area contributed by atoms with E-state index in [1.54, 1.807) is 12.1 Å². The molecule has 1 aromatic carbocycles. The van der Waals surface area contributed by atoms with Crippen molar-refractivity contribution in [2.24, 2.45) is 0 Å². The fourth-order valence-electron chi connectivity index (χ4n) is 1.59. The number of nitrogens with two attached hydrogens (primary N) is 1. The first-order valence-corrected chi connectivity index (χ1v) is 9.39. The van der Waals surface area contributed by atoms with Crippen LogP contribution in [0.25, 0.3) is 0 Å². The van der Waals surface area contributed by atoms with Gasteiger partial charge in [0.1, 0.15) is 4.90 Å². The average Bonchev–Trinajstić information content (AvgIpc) is 2.71. The monoisotopic (exact) mass is 439 g/mol. The van der Waals surface area contributed by atoms with E-state index in [1.807, 2.05) is 12.3 Å². The number of aromatic nitrogens is 1. The number of rotatable bonds is 4. The molecule has 9 heteroatoms. The number of sulfonamides is 1. The van der Waals surface area contributed by atoms with Gasteiger partial charge < -0.3 is 5.73 Å². The lowest BCUT2D eigenvalue weighted by Gasteiger charge is -2.10. The molecular weight excluding hydrogens is 430 g/mol. The highest BCUT2D eigenvalue weighted by molar-refractivity contribution is 9.11. The lowest BCUT2D eigenvalue weighted by molar-refractivity contribution is 0.580. The van der Waals surface area contributed by atoms with Gasteiger partial charge in [-0.15, -0.1) is 11.3 Å². The second kappa shape index (κ2) is 6.10. The molecule has 0 radical (unpaired) electrons. The Labute approximate surface area is 137 Å². The van der Waals surface area contributed by atoms with E-state index in [0.717, 1.165) is 5.01 Å². The van der Waals surface area contributed by atoms with E-state index < -0.39 is 10.0 Å². The molecule has 0 saturated heterocycles. The summed E-state index contributed by atoms with van der Waals surface area (Å²) in [5.41, 5.74) is 6.65. The van der Waals surface area contributed by atoms with Gasteiger partial charge in [0.25, 0.3) is 0 Å². The summed E-state index contributed by atoms with van der Waals surface area (Å²) in [6, 6.07) is 3.18. The van der Waals surface area contributed by atoms with E-state index in [2.05, 4.69) is 41.6 Å². The predicted octanol–water partition coefficient (Wildman–Crippen LogP) is 3.04. The van der Waals surface area contributed by atoms with Crippen molar-refractivity contribution in [3.63, 3.8) is 0 Å². The largest absolute Gasteiger partial charge is 0.398 e. The molecule has 108 valence electrons. The molecule has 2 rings (SSSR count). The van der Waals surface area contributed by atoms with Gasteiger partial charge in [0.15, 0.2) is 0 Å². The van der Waals surface area contributed by atoms with Crippen LogP contribution in [0.4, 0.5) is 5.69 Å². The summed E-state index contributed by atoms with van der Waals surface area (Å²) >= 11 is 7.95. The highest BCUT2D eigenvalue weighted by Crippen LogP contribution is 2.31. The van der Waals surface area contributed by atoms with Gasteiger partial charge >= 0.3 is 0 Å². The fraction of sp³-hybridized carbons (Fsp3) is 0.182. The minimum Gasteiger partial charge on any atom is -0.398 e. The average molecular weight is 441 g/mol. The topological polar surface area (TPSA) is 85.1 Å². The second-order valence-electron chi connectivity index (χ2n) is 3.99. The van der Waals surface area contributed by atoms with E-state index in [1.165, 1.54) is 11.3 Å². The minimum absolute atomic E-state index is 0.0349. The minimum atomic E-state index is -3.71. The van der Waals surface area contributed by atoms with Crippen LogP contribution >= 0.6 is 43.2 Å². The van der Waals surface area contributed by atoms with Crippen molar-refractivity contribution in [3.05, 3.63) is 37.2 Å². The van der Waals surface area contributed by atoms with E-state index in [4.69, 9.17) is 5.73 Å². The molecule has 0 aliphatic carbocycles. The number of nitrogen functional groups attached to an aromatic ring is 1. The summed E-state index contributed by atoms with van der Waals surface area (Å²) in [6.07, 6.45) is 0. The summed E-state index contributed by atoms with van der Waals surface area (Å²) in [4.78, 5) is 4.24. The lowest BCUT2D eigenvalue weighted by Crippen LogP contribution is -2.24. The molecule has 0 amide bonds. The van der Waals surface area contributed by atoms with Crippen molar-refractivity contribution in [1.29, 1.82) is 0 Å². The Bertz CT molecular complexity index is 721. The predicted molar refractivity (Wildman–Crippen MR) is 87.1 cm³/mol. The molecule has 1 heterocycles. The smallest absolute Gasteiger partial charge is 0.244 e. The van der Waals surface area contributed by atoms with Gasteiger partial charge in [-0.05, 0) is 35.0 Å². The Morgan fingerprint density at radius 3 is 2.65 bits per heavy atom. The van der Waals surface area contributed by atoms with Crippen LogP contribution in [0.15, 0.2) is 31.4 Å². The third-order valence-corrected chi connectivity index (χ3v) is 6.10. The van der Waals surface area contributed by atoms with Gasteiger partial charge in [0.2, 0.25) is 10.0 Å². The summed E-state index contributed by atoms with van der Waals surface area (Å²) < 4.78 is 28.2. The SMILES string of the molecule is Cc1nc(CNS(=O)(=O)c2c(N)cc(Br)cc2Br)cs1. The van der Waals surface area contributed by atoms with Crippen molar-refractivity contribution in [3.8, 4) is 0 Å². The van der Waals surface area contributed by atoms with Gasteiger partial charge in [-0.1, -0.05) is 15.9 Å². The molecule has 0 atom stereocenters. The quantitative estimate of drug-likeness (QED) is 0.715. The van der Waals surface area contributed by atoms with Gasteiger partial charge in [-0.3, -0.25) is 0 Å². The van der Waals surface area contributed by atoms with Crippen molar-refractivity contribution in [1.82, 2.24) is 9.71 Å². The molecule has 0 saturated carbocycles.